The maximum absolute atomic E-state index is 12.0. The second kappa shape index (κ2) is 5.35. The highest BCUT2D eigenvalue weighted by atomic mass is 32.1. The predicted octanol–water partition coefficient (Wildman–Crippen LogP) is 4.10. The standard InChI is InChI=1S/C15H20O2S/c1-15(2)8-6-12(7-9-15)17-14(16)11-4-3-5-13(18)10-11/h3-5,10,12,18H,6-9H2,1-2H3. The Morgan fingerprint density at radius 2 is 2.00 bits per heavy atom. The van der Waals surface area contributed by atoms with E-state index in [-0.39, 0.29) is 12.1 Å². The Labute approximate surface area is 114 Å². The first kappa shape index (κ1) is 13.5. The van der Waals surface area contributed by atoms with Gasteiger partial charge in [0.05, 0.1) is 5.56 Å². The zero-order valence-corrected chi connectivity index (χ0v) is 11.9. The molecule has 18 heavy (non-hydrogen) atoms. The number of hydrogen-bond acceptors (Lipinski definition) is 3. The van der Waals surface area contributed by atoms with Crippen molar-refractivity contribution >= 4 is 18.6 Å². The van der Waals surface area contributed by atoms with Gasteiger partial charge in [0.2, 0.25) is 0 Å². The van der Waals surface area contributed by atoms with Crippen molar-refractivity contribution in [2.24, 2.45) is 5.41 Å². The molecule has 0 amide bonds. The summed E-state index contributed by atoms with van der Waals surface area (Å²) in [6.07, 6.45) is 4.27. The summed E-state index contributed by atoms with van der Waals surface area (Å²) in [4.78, 5) is 12.8. The molecule has 1 saturated carbocycles. The second-order valence-corrected chi connectivity index (χ2v) is 6.34. The van der Waals surface area contributed by atoms with Gasteiger partial charge in [0.15, 0.2) is 0 Å². The Morgan fingerprint density at radius 3 is 2.61 bits per heavy atom. The van der Waals surface area contributed by atoms with Gasteiger partial charge in [-0.15, -0.1) is 12.6 Å². The number of carbonyl (C=O) groups excluding carboxylic acids is 1. The fourth-order valence-electron chi connectivity index (χ4n) is 2.34. The van der Waals surface area contributed by atoms with Crippen LogP contribution in [0.25, 0.3) is 0 Å². The topological polar surface area (TPSA) is 26.3 Å². The van der Waals surface area contributed by atoms with Gasteiger partial charge in [-0.2, -0.15) is 0 Å². The Bertz CT molecular complexity index is 430. The highest BCUT2D eigenvalue weighted by Crippen LogP contribution is 2.36. The lowest BCUT2D eigenvalue weighted by Crippen LogP contribution is -2.28. The molecule has 0 radical (unpaired) electrons. The maximum Gasteiger partial charge on any atom is 0.338 e. The average Bonchev–Trinajstić information content (AvgIpc) is 2.32. The lowest BCUT2D eigenvalue weighted by Gasteiger charge is -2.33. The van der Waals surface area contributed by atoms with Crippen LogP contribution in [0.2, 0.25) is 0 Å². The zero-order valence-electron chi connectivity index (χ0n) is 11.0. The van der Waals surface area contributed by atoms with Gasteiger partial charge in [-0.05, 0) is 49.3 Å². The van der Waals surface area contributed by atoms with Crippen molar-refractivity contribution in [1.82, 2.24) is 0 Å². The number of esters is 1. The van der Waals surface area contributed by atoms with E-state index in [0.29, 0.717) is 11.0 Å². The van der Waals surface area contributed by atoms with E-state index in [9.17, 15) is 4.79 Å². The molecule has 0 bridgehead atoms. The third-order valence-electron chi connectivity index (χ3n) is 3.64. The van der Waals surface area contributed by atoms with Crippen LogP contribution in [0.4, 0.5) is 0 Å². The molecule has 2 nitrogen and oxygen atoms in total. The third kappa shape index (κ3) is 3.52. The van der Waals surface area contributed by atoms with E-state index < -0.39 is 0 Å². The summed E-state index contributed by atoms with van der Waals surface area (Å²) in [6, 6.07) is 7.19. The quantitative estimate of drug-likeness (QED) is 0.643. The van der Waals surface area contributed by atoms with Gasteiger partial charge in [0, 0.05) is 4.90 Å². The molecule has 1 aromatic rings. The van der Waals surface area contributed by atoms with E-state index in [4.69, 9.17) is 4.74 Å². The summed E-state index contributed by atoms with van der Waals surface area (Å²) < 4.78 is 5.55. The van der Waals surface area contributed by atoms with Gasteiger partial charge in [-0.3, -0.25) is 0 Å². The highest BCUT2D eigenvalue weighted by Gasteiger charge is 2.28. The number of ether oxygens (including phenoxy) is 1. The van der Waals surface area contributed by atoms with Crippen LogP contribution in [0, 0.1) is 5.41 Å². The molecule has 0 atom stereocenters. The molecule has 0 aliphatic heterocycles. The number of benzene rings is 1. The minimum atomic E-state index is -0.226. The monoisotopic (exact) mass is 264 g/mol. The molecule has 2 rings (SSSR count). The van der Waals surface area contributed by atoms with Gasteiger partial charge in [-0.25, -0.2) is 4.79 Å². The molecule has 0 saturated heterocycles. The second-order valence-electron chi connectivity index (χ2n) is 5.82. The van der Waals surface area contributed by atoms with Crippen molar-refractivity contribution in [3.63, 3.8) is 0 Å². The molecule has 1 aromatic carbocycles. The van der Waals surface area contributed by atoms with Crippen LogP contribution >= 0.6 is 12.6 Å². The summed E-state index contributed by atoms with van der Waals surface area (Å²) in [5.41, 5.74) is 0.987. The van der Waals surface area contributed by atoms with Crippen LogP contribution in [-0.4, -0.2) is 12.1 Å². The predicted molar refractivity (Wildman–Crippen MR) is 75.1 cm³/mol. The van der Waals surface area contributed by atoms with Crippen LogP contribution < -0.4 is 0 Å². The first-order valence-electron chi connectivity index (χ1n) is 6.46. The largest absolute Gasteiger partial charge is 0.459 e. The normalized spacial score (nSPS) is 19.5. The van der Waals surface area contributed by atoms with Gasteiger partial charge >= 0.3 is 5.97 Å². The maximum atomic E-state index is 12.0. The van der Waals surface area contributed by atoms with E-state index in [1.165, 1.54) is 0 Å². The van der Waals surface area contributed by atoms with Crippen molar-refractivity contribution in [1.29, 1.82) is 0 Å². The Kier molecular flexibility index (Phi) is 4.00. The first-order valence-corrected chi connectivity index (χ1v) is 6.91. The molecule has 1 aliphatic rings. The summed E-state index contributed by atoms with van der Waals surface area (Å²) in [5, 5.41) is 0. The Hall–Kier alpha value is -0.960. The van der Waals surface area contributed by atoms with E-state index in [1.807, 2.05) is 12.1 Å². The molecule has 0 spiro atoms. The first-order chi connectivity index (χ1) is 8.46. The van der Waals surface area contributed by atoms with E-state index in [1.54, 1.807) is 12.1 Å². The average molecular weight is 264 g/mol. The molecule has 1 aliphatic carbocycles. The summed E-state index contributed by atoms with van der Waals surface area (Å²) >= 11 is 4.23. The van der Waals surface area contributed by atoms with Crippen LogP contribution in [0.15, 0.2) is 29.2 Å². The lowest BCUT2D eigenvalue weighted by molar-refractivity contribution is 0.00949. The molecule has 0 heterocycles. The molecular formula is C15H20O2S. The van der Waals surface area contributed by atoms with Crippen molar-refractivity contribution in [3.05, 3.63) is 29.8 Å². The lowest BCUT2D eigenvalue weighted by atomic mass is 9.76. The van der Waals surface area contributed by atoms with Gasteiger partial charge in [-0.1, -0.05) is 19.9 Å². The molecule has 1 fully saturated rings. The van der Waals surface area contributed by atoms with Gasteiger partial charge in [0.25, 0.3) is 0 Å². The highest BCUT2D eigenvalue weighted by molar-refractivity contribution is 7.80. The number of carbonyl (C=O) groups is 1. The molecule has 3 heteroatoms. The van der Waals surface area contributed by atoms with E-state index in [2.05, 4.69) is 26.5 Å². The Balaban J connectivity index is 1.93. The smallest absolute Gasteiger partial charge is 0.338 e. The van der Waals surface area contributed by atoms with E-state index in [0.717, 1.165) is 30.6 Å². The number of hydrogen-bond donors (Lipinski definition) is 1. The third-order valence-corrected chi connectivity index (χ3v) is 3.92. The van der Waals surface area contributed by atoms with Crippen molar-refractivity contribution in [2.75, 3.05) is 0 Å². The fraction of sp³-hybridized carbons (Fsp3) is 0.533. The van der Waals surface area contributed by atoms with Crippen molar-refractivity contribution in [3.8, 4) is 0 Å². The Morgan fingerprint density at radius 1 is 1.33 bits per heavy atom. The van der Waals surface area contributed by atoms with Crippen molar-refractivity contribution < 1.29 is 9.53 Å². The summed E-state index contributed by atoms with van der Waals surface area (Å²) in [7, 11) is 0. The molecule has 98 valence electrons. The molecular weight excluding hydrogens is 244 g/mol. The molecule has 0 unspecified atom stereocenters. The number of thiol groups is 1. The SMILES string of the molecule is CC1(C)CCC(OC(=O)c2cccc(S)c2)CC1. The van der Waals surface area contributed by atoms with Crippen LogP contribution in [-0.2, 0) is 4.74 Å². The fourth-order valence-corrected chi connectivity index (χ4v) is 2.57. The van der Waals surface area contributed by atoms with Crippen molar-refractivity contribution in [2.45, 2.75) is 50.5 Å². The van der Waals surface area contributed by atoms with Crippen LogP contribution in [0.3, 0.4) is 0 Å². The van der Waals surface area contributed by atoms with Gasteiger partial charge in [0.1, 0.15) is 6.10 Å². The van der Waals surface area contributed by atoms with Gasteiger partial charge < -0.3 is 4.74 Å². The van der Waals surface area contributed by atoms with Crippen LogP contribution in [0.5, 0.6) is 0 Å². The molecule has 0 N–H and O–H groups in total. The minimum absolute atomic E-state index is 0.0779. The molecule has 0 aromatic heterocycles. The zero-order chi connectivity index (χ0) is 13.2. The summed E-state index contributed by atoms with van der Waals surface area (Å²) in [5.74, 6) is -0.226. The van der Waals surface area contributed by atoms with E-state index >= 15 is 0 Å². The minimum Gasteiger partial charge on any atom is -0.459 e. The number of rotatable bonds is 2. The summed E-state index contributed by atoms with van der Waals surface area (Å²) in [6.45, 7) is 4.55. The van der Waals surface area contributed by atoms with Crippen LogP contribution in [0.1, 0.15) is 49.9 Å².